The Morgan fingerprint density at radius 3 is 1.86 bits per heavy atom. The Morgan fingerprint density at radius 1 is 0.757 bits per heavy atom. The van der Waals surface area contributed by atoms with Crippen LogP contribution in [0, 0.1) is 0 Å². The average Bonchev–Trinajstić information content (AvgIpc) is 3.13. The van der Waals surface area contributed by atoms with Gasteiger partial charge in [0.1, 0.15) is 11.8 Å². The molecule has 7 nitrogen and oxygen atoms in total. The Hall–Kier alpha value is -2.22. The fourth-order valence-corrected chi connectivity index (χ4v) is 5.44. The summed E-state index contributed by atoms with van der Waals surface area (Å²) in [5.41, 5.74) is 0.522. The van der Waals surface area contributed by atoms with Crippen molar-refractivity contribution in [2.24, 2.45) is 0 Å². The second kappa shape index (κ2) is 15.9. The van der Waals surface area contributed by atoms with Crippen LogP contribution >= 0.6 is 15.9 Å². The van der Waals surface area contributed by atoms with Crippen molar-refractivity contribution in [2.45, 2.75) is 109 Å². The van der Waals surface area contributed by atoms with E-state index in [2.05, 4.69) is 21.2 Å². The van der Waals surface area contributed by atoms with Gasteiger partial charge in [0.25, 0.3) is 11.8 Å². The molecular weight excluding hydrogens is 536 g/mol. The second-order valence-electron chi connectivity index (χ2n) is 10.1. The number of piperidine rings is 1. The normalized spacial score (nSPS) is 17.3. The zero-order valence-corrected chi connectivity index (χ0v) is 23.5. The molecule has 1 aromatic rings. The fraction of sp³-hybridized carbons (Fsp3) is 0.655. The van der Waals surface area contributed by atoms with Crippen LogP contribution in [0.15, 0.2) is 18.2 Å². The minimum atomic E-state index is -0.951. The molecule has 1 unspecified atom stereocenters. The number of benzene rings is 1. The first-order valence-corrected chi connectivity index (χ1v) is 15.2. The van der Waals surface area contributed by atoms with E-state index >= 15 is 0 Å². The van der Waals surface area contributed by atoms with E-state index in [1.807, 2.05) is 0 Å². The number of imide groups is 2. The van der Waals surface area contributed by atoms with Gasteiger partial charge >= 0.3 is 0 Å². The van der Waals surface area contributed by atoms with Crippen LogP contribution in [-0.2, 0) is 9.59 Å². The van der Waals surface area contributed by atoms with Gasteiger partial charge in [-0.2, -0.15) is 0 Å². The quantitative estimate of drug-likeness (QED) is 0.125. The molecule has 0 saturated carbocycles. The number of hydrogen-bond donors (Lipinski definition) is 1. The van der Waals surface area contributed by atoms with Crippen LogP contribution in [0.25, 0.3) is 0 Å². The molecule has 0 aromatic heterocycles. The van der Waals surface area contributed by atoms with Crippen LogP contribution in [0.1, 0.15) is 123 Å². The van der Waals surface area contributed by atoms with E-state index in [9.17, 15) is 19.2 Å². The first-order valence-electron chi connectivity index (χ1n) is 14.1. The number of ether oxygens (including phenoxy) is 1. The molecule has 2 aliphatic rings. The molecular formula is C29H41BrN2O5. The van der Waals surface area contributed by atoms with Crippen LogP contribution in [-0.4, -0.2) is 46.5 Å². The lowest BCUT2D eigenvalue weighted by Gasteiger charge is -2.27. The van der Waals surface area contributed by atoms with Crippen molar-refractivity contribution in [3.8, 4) is 5.75 Å². The highest BCUT2D eigenvalue weighted by atomic mass is 79.9. The maximum Gasteiger partial charge on any atom is 0.262 e. The van der Waals surface area contributed by atoms with Crippen molar-refractivity contribution in [2.75, 3.05) is 11.9 Å². The summed E-state index contributed by atoms with van der Waals surface area (Å²) in [6.07, 6.45) is 18.3. The first-order chi connectivity index (χ1) is 18.0. The molecule has 3 rings (SSSR count). The predicted octanol–water partition coefficient (Wildman–Crippen LogP) is 6.32. The monoisotopic (exact) mass is 576 g/mol. The molecule has 1 aromatic carbocycles. The highest BCUT2D eigenvalue weighted by molar-refractivity contribution is 9.09. The molecule has 1 N–H and O–H groups in total. The van der Waals surface area contributed by atoms with Gasteiger partial charge in [-0.1, -0.05) is 93.0 Å². The zero-order valence-electron chi connectivity index (χ0n) is 21.9. The van der Waals surface area contributed by atoms with E-state index in [4.69, 9.17) is 4.74 Å². The largest absolute Gasteiger partial charge is 0.494 e. The van der Waals surface area contributed by atoms with Gasteiger partial charge in [-0.25, -0.2) is 0 Å². The van der Waals surface area contributed by atoms with Gasteiger partial charge in [0.15, 0.2) is 0 Å². The molecule has 204 valence electrons. The molecule has 1 atom stereocenters. The molecule has 2 heterocycles. The number of unbranched alkanes of at least 4 members (excludes halogenated alkanes) is 13. The summed E-state index contributed by atoms with van der Waals surface area (Å²) in [5, 5.41) is 3.34. The van der Waals surface area contributed by atoms with E-state index < -0.39 is 23.8 Å². The Balaban J connectivity index is 1.26. The zero-order chi connectivity index (χ0) is 26.5. The van der Waals surface area contributed by atoms with Crippen LogP contribution in [0.2, 0.25) is 0 Å². The topological polar surface area (TPSA) is 92.8 Å². The molecule has 4 amide bonds. The van der Waals surface area contributed by atoms with E-state index in [1.54, 1.807) is 18.2 Å². The Labute approximate surface area is 229 Å². The molecule has 0 aliphatic carbocycles. The standard InChI is InChI=1S/C29H41BrN2O5/c30-19-13-11-9-7-5-3-1-2-4-6-8-10-12-14-20-37-22-15-16-23-24(21-22)29(36)32(28(23)35)25-17-18-26(33)31-27(25)34/h15-16,21,25H,1-14,17-20H2,(H,31,33,34). The summed E-state index contributed by atoms with van der Waals surface area (Å²) in [6.45, 7) is 0.563. The lowest BCUT2D eigenvalue weighted by Crippen LogP contribution is -2.54. The van der Waals surface area contributed by atoms with Gasteiger partial charge in [-0.05, 0) is 37.5 Å². The third kappa shape index (κ3) is 8.94. The summed E-state index contributed by atoms with van der Waals surface area (Å²) in [4.78, 5) is 50.2. The molecule has 0 spiro atoms. The first kappa shape index (κ1) is 29.3. The number of amides is 4. The predicted molar refractivity (Wildman–Crippen MR) is 147 cm³/mol. The van der Waals surface area contributed by atoms with Crippen molar-refractivity contribution in [3.63, 3.8) is 0 Å². The number of halogens is 1. The molecule has 1 fully saturated rings. The fourth-order valence-electron chi connectivity index (χ4n) is 5.05. The van der Waals surface area contributed by atoms with Gasteiger partial charge in [-0.15, -0.1) is 0 Å². The number of fused-ring (bicyclic) bond motifs is 1. The highest BCUT2D eigenvalue weighted by Gasteiger charge is 2.44. The van der Waals surface area contributed by atoms with Crippen molar-refractivity contribution >= 4 is 39.6 Å². The third-order valence-corrected chi connectivity index (χ3v) is 7.77. The number of hydrogen-bond acceptors (Lipinski definition) is 5. The van der Waals surface area contributed by atoms with Gasteiger partial charge in [-0.3, -0.25) is 29.4 Å². The summed E-state index contributed by atoms with van der Waals surface area (Å²) in [5.74, 6) is -1.44. The minimum Gasteiger partial charge on any atom is -0.494 e. The molecule has 0 radical (unpaired) electrons. The van der Waals surface area contributed by atoms with E-state index in [0.29, 0.717) is 12.4 Å². The van der Waals surface area contributed by atoms with E-state index in [0.717, 1.165) is 23.1 Å². The van der Waals surface area contributed by atoms with Crippen LogP contribution < -0.4 is 10.1 Å². The maximum atomic E-state index is 12.9. The summed E-state index contributed by atoms with van der Waals surface area (Å²) in [7, 11) is 0. The number of carbonyl (C=O) groups is 4. The van der Waals surface area contributed by atoms with Crippen LogP contribution in [0.3, 0.4) is 0 Å². The van der Waals surface area contributed by atoms with E-state index in [-0.39, 0.29) is 29.9 Å². The van der Waals surface area contributed by atoms with Crippen LogP contribution in [0.5, 0.6) is 5.75 Å². The van der Waals surface area contributed by atoms with Crippen molar-refractivity contribution in [1.29, 1.82) is 0 Å². The Bertz CT molecular complexity index is 935. The van der Waals surface area contributed by atoms with Crippen LogP contribution in [0.4, 0.5) is 0 Å². The number of nitrogens with one attached hydrogen (secondary N) is 1. The Kier molecular flexibility index (Phi) is 12.6. The molecule has 1 saturated heterocycles. The second-order valence-corrected chi connectivity index (χ2v) is 10.9. The van der Waals surface area contributed by atoms with E-state index in [1.165, 1.54) is 77.0 Å². The SMILES string of the molecule is O=C1CCC(N2C(=O)c3ccc(OCCCCCCCCCCCCCCCCBr)cc3C2=O)C(=O)N1. The minimum absolute atomic E-state index is 0.107. The summed E-state index contributed by atoms with van der Waals surface area (Å²) in [6, 6.07) is 3.92. The summed E-state index contributed by atoms with van der Waals surface area (Å²) < 4.78 is 5.84. The van der Waals surface area contributed by atoms with Crippen molar-refractivity contribution in [1.82, 2.24) is 10.2 Å². The molecule has 0 bridgehead atoms. The average molecular weight is 578 g/mol. The number of rotatable bonds is 18. The van der Waals surface area contributed by atoms with Gasteiger partial charge < -0.3 is 4.74 Å². The smallest absolute Gasteiger partial charge is 0.262 e. The van der Waals surface area contributed by atoms with Crippen molar-refractivity contribution in [3.05, 3.63) is 29.3 Å². The molecule has 37 heavy (non-hydrogen) atoms. The molecule has 8 heteroatoms. The maximum absolute atomic E-state index is 12.9. The lowest BCUT2D eigenvalue weighted by atomic mass is 10.0. The van der Waals surface area contributed by atoms with Crippen molar-refractivity contribution < 1.29 is 23.9 Å². The Morgan fingerprint density at radius 2 is 1.30 bits per heavy atom. The van der Waals surface area contributed by atoms with Gasteiger partial charge in [0.05, 0.1) is 17.7 Å². The third-order valence-electron chi connectivity index (χ3n) is 7.21. The van der Waals surface area contributed by atoms with Gasteiger partial charge in [0.2, 0.25) is 11.8 Å². The highest BCUT2D eigenvalue weighted by Crippen LogP contribution is 2.30. The lowest BCUT2D eigenvalue weighted by molar-refractivity contribution is -0.136. The summed E-state index contributed by atoms with van der Waals surface area (Å²) >= 11 is 3.48. The van der Waals surface area contributed by atoms with Gasteiger partial charge in [0, 0.05) is 11.8 Å². The number of nitrogens with zero attached hydrogens (tertiary/aromatic N) is 1. The number of alkyl halides is 1. The number of carbonyl (C=O) groups excluding carboxylic acids is 4. The molecule has 2 aliphatic heterocycles.